The van der Waals surface area contributed by atoms with Gasteiger partial charge in [-0.3, -0.25) is 10.00 Å². The molecule has 0 amide bonds. The van der Waals surface area contributed by atoms with Crippen LogP contribution in [0.2, 0.25) is 0 Å². The van der Waals surface area contributed by atoms with E-state index in [1.807, 2.05) is 19.1 Å². The zero-order valence-electron chi connectivity index (χ0n) is 16.0. The number of aromatic hydroxyl groups is 1. The SMILES string of the molecule is Cc1[nH]nc2nc(-c3ccc(O)cc3)cc(C3OCC3N3CCCNCC3)c12. The van der Waals surface area contributed by atoms with Gasteiger partial charge in [-0.2, -0.15) is 5.10 Å². The number of phenols is 1. The molecule has 0 radical (unpaired) electrons. The number of hydrogen-bond donors (Lipinski definition) is 3. The molecule has 2 fully saturated rings. The number of aryl methyl sites for hydroxylation is 1. The van der Waals surface area contributed by atoms with Gasteiger partial charge >= 0.3 is 0 Å². The number of nitrogens with zero attached hydrogens (tertiary/aromatic N) is 3. The molecule has 2 saturated heterocycles. The molecule has 0 aliphatic carbocycles. The third-order valence-corrected chi connectivity index (χ3v) is 5.84. The molecule has 3 N–H and O–H groups in total. The molecule has 146 valence electrons. The molecule has 2 unspecified atom stereocenters. The lowest BCUT2D eigenvalue weighted by atomic mass is 9.92. The third-order valence-electron chi connectivity index (χ3n) is 5.84. The van der Waals surface area contributed by atoms with Crippen LogP contribution in [0.4, 0.5) is 0 Å². The van der Waals surface area contributed by atoms with Crippen LogP contribution in [0.5, 0.6) is 5.75 Å². The molecule has 0 saturated carbocycles. The van der Waals surface area contributed by atoms with Gasteiger partial charge in [0.15, 0.2) is 5.65 Å². The van der Waals surface area contributed by atoms with Gasteiger partial charge in [0.2, 0.25) is 0 Å². The fourth-order valence-electron chi connectivity index (χ4n) is 4.28. The number of pyridine rings is 1. The minimum atomic E-state index is 0.0239. The van der Waals surface area contributed by atoms with E-state index in [4.69, 9.17) is 9.72 Å². The Balaban J connectivity index is 1.55. The second kappa shape index (κ2) is 7.16. The Hall–Kier alpha value is -2.48. The van der Waals surface area contributed by atoms with Crippen LogP contribution >= 0.6 is 0 Å². The van der Waals surface area contributed by atoms with Crippen molar-refractivity contribution in [2.24, 2.45) is 0 Å². The minimum Gasteiger partial charge on any atom is -0.508 e. The molecule has 3 aromatic rings. The summed E-state index contributed by atoms with van der Waals surface area (Å²) in [6.45, 7) is 7.05. The summed E-state index contributed by atoms with van der Waals surface area (Å²) in [5, 5.41) is 21.6. The summed E-state index contributed by atoms with van der Waals surface area (Å²) >= 11 is 0. The Morgan fingerprint density at radius 3 is 2.82 bits per heavy atom. The van der Waals surface area contributed by atoms with Gasteiger partial charge in [0, 0.05) is 29.7 Å². The maximum Gasteiger partial charge on any atom is 0.182 e. The van der Waals surface area contributed by atoms with Gasteiger partial charge in [0.1, 0.15) is 11.9 Å². The molecule has 2 aliphatic rings. The lowest BCUT2D eigenvalue weighted by Crippen LogP contribution is -2.52. The predicted molar refractivity (Wildman–Crippen MR) is 107 cm³/mol. The smallest absolute Gasteiger partial charge is 0.182 e. The fourth-order valence-corrected chi connectivity index (χ4v) is 4.28. The molecule has 7 nitrogen and oxygen atoms in total. The van der Waals surface area contributed by atoms with Gasteiger partial charge in [-0.1, -0.05) is 0 Å². The summed E-state index contributed by atoms with van der Waals surface area (Å²) in [5.41, 5.74) is 4.68. The van der Waals surface area contributed by atoms with E-state index in [-0.39, 0.29) is 11.9 Å². The molecule has 1 aromatic carbocycles. The van der Waals surface area contributed by atoms with Crippen LogP contribution < -0.4 is 5.32 Å². The first-order chi connectivity index (χ1) is 13.7. The van der Waals surface area contributed by atoms with Crippen molar-refractivity contribution >= 4 is 11.0 Å². The van der Waals surface area contributed by atoms with E-state index in [9.17, 15) is 5.11 Å². The van der Waals surface area contributed by atoms with Crippen molar-refractivity contribution in [2.75, 3.05) is 32.8 Å². The quantitative estimate of drug-likeness (QED) is 0.648. The van der Waals surface area contributed by atoms with Crippen molar-refractivity contribution in [3.05, 3.63) is 41.6 Å². The van der Waals surface area contributed by atoms with Crippen LogP contribution in [0.1, 0.15) is 23.8 Å². The van der Waals surface area contributed by atoms with Gasteiger partial charge < -0.3 is 15.2 Å². The van der Waals surface area contributed by atoms with Crippen molar-refractivity contribution in [1.29, 1.82) is 0 Å². The maximum atomic E-state index is 9.60. The van der Waals surface area contributed by atoms with E-state index in [1.165, 1.54) is 6.42 Å². The number of H-pyrrole nitrogens is 1. The monoisotopic (exact) mass is 379 g/mol. The van der Waals surface area contributed by atoms with E-state index in [1.54, 1.807) is 12.1 Å². The predicted octanol–water partition coefficient (Wildman–Crippen LogP) is 2.37. The van der Waals surface area contributed by atoms with Crippen molar-refractivity contribution < 1.29 is 9.84 Å². The van der Waals surface area contributed by atoms with Gasteiger partial charge in [-0.25, -0.2) is 4.98 Å². The highest BCUT2D eigenvalue weighted by Crippen LogP contribution is 2.39. The van der Waals surface area contributed by atoms with Crippen LogP contribution in [0.15, 0.2) is 30.3 Å². The van der Waals surface area contributed by atoms with Gasteiger partial charge in [0.25, 0.3) is 0 Å². The topological polar surface area (TPSA) is 86.3 Å². The molecule has 28 heavy (non-hydrogen) atoms. The van der Waals surface area contributed by atoms with E-state index in [0.29, 0.717) is 11.7 Å². The van der Waals surface area contributed by atoms with Gasteiger partial charge in [-0.05, 0) is 62.3 Å². The second-order valence-corrected chi connectivity index (χ2v) is 7.65. The number of hydrogen-bond acceptors (Lipinski definition) is 6. The number of aromatic nitrogens is 3. The molecular formula is C21H25N5O2. The molecule has 0 bridgehead atoms. The molecule has 2 atom stereocenters. The molecule has 5 rings (SSSR count). The average molecular weight is 379 g/mol. The van der Waals surface area contributed by atoms with Crippen LogP contribution in [-0.2, 0) is 4.74 Å². The van der Waals surface area contributed by atoms with E-state index >= 15 is 0 Å². The summed E-state index contributed by atoms with van der Waals surface area (Å²) in [5.74, 6) is 0.248. The first-order valence-electron chi connectivity index (χ1n) is 9.92. The highest BCUT2D eigenvalue weighted by molar-refractivity contribution is 5.85. The Bertz CT molecular complexity index is 976. The maximum absolute atomic E-state index is 9.60. The lowest BCUT2D eigenvalue weighted by molar-refractivity contribution is -0.135. The van der Waals surface area contributed by atoms with Crippen LogP contribution in [0, 0.1) is 6.92 Å². The molecular weight excluding hydrogens is 354 g/mol. The number of benzene rings is 1. The molecule has 7 heteroatoms. The zero-order chi connectivity index (χ0) is 19.1. The average Bonchev–Trinajstić information content (AvgIpc) is 2.87. The molecule has 2 aliphatic heterocycles. The molecule has 4 heterocycles. The van der Waals surface area contributed by atoms with Crippen LogP contribution in [0.25, 0.3) is 22.3 Å². The number of rotatable bonds is 3. The summed E-state index contributed by atoms with van der Waals surface area (Å²) < 4.78 is 6.09. The fraction of sp³-hybridized carbons (Fsp3) is 0.429. The number of phenolic OH excluding ortho intramolecular Hbond substituents is 1. The summed E-state index contributed by atoms with van der Waals surface area (Å²) in [6.07, 6.45) is 1.19. The third kappa shape index (κ3) is 3.05. The lowest BCUT2D eigenvalue weighted by Gasteiger charge is -2.44. The Morgan fingerprint density at radius 2 is 2.04 bits per heavy atom. The van der Waals surface area contributed by atoms with Crippen LogP contribution in [-0.4, -0.2) is 64.0 Å². The van der Waals surface area contributed by atoms with E-state index in [2.05, 4.69) is 26.5 Å². The summed E-state index contributed by atoms with van der Waals surface area (Å²) in [7, 11) is 0. The second-order valence-electron chi connectivity index (χ2n) is 7.65. The first kappa shape index (κ1) is 17.6. The number of nitrogens with one attached hydrogen (secondary N) is 2. The first-order valence-corrected chi connectivity index (χ1v) is 9.92. The van der Waals surface area contributed by atoms with Crippen molar-refractivity contribution in [1.82, 2.24) is 25.4 Å². The molecule has 0 spiro atoms. The summed E-state index contributed by atoms with van der Waals surface area (Å²) in [4.78, 5) is 7.30. The Labute approximate surface area is 163 Å². The normalized spacial score (nSPS) is 23.5. The van der Waals surface area contributed by atoms with Crippen molar-refractivity contribution in [3.63, 3.8) is 0 Å². The Kier molecular flexibility index (Phi) is 4.50. The van der Waals surface area contributed by atoms with Gasteiger partial charge in [0.05, 0.1) is 18.3 Å². The van der Waals surface area contributed by atoms with Crippen molar-refractivity contribution in [3.8, 4) is 17.0 Å². The number of fused-ring (bicyclic) bond motifs is 1. The van der Waals surface area contributed by atoms with Gasteiger partial charge in [-0.15, -0.1) is 0 Å². The number of aromatic amines is 1. The van der Waals surface area contributed by atoms with Crippen molar-refractivity contribution in [2.45, 2.75) is 25.5 Å². The minimum absolute atomic E-state index is 0.0239. The largest absolute Gasteiger partial charge is 0.508 e. The molecule has 2 aromatic heterocycles. The summed E-state index contributed by atoms with van der Waals surface area (Å²) in [6, 6.07) is 9.64. The van der Waals surface area contributed by atoms with E-state index < -0.39 is 0 Å². The van der Waals surface area contributed by atoms with Crippen LogP contribution in [0.3, 0.4) is 0 Å². The zero-order valence-corrected chi connectivity index (χ0v) is 16.0. The van der Waals surface area contributed by atoms with E-state index in [0.717, 1.165) is 60.7 Å². The number of ether oxygens (including phenoxy) is 1. The Morgan fingerprint density at radius 1 is 1.18 bits per heavy atom. The standard InChI is InChI=1S/C21H25N5O2/c1-13-19-16(20-18(12-28-20)26-9-2-7-22-8-10-26)11-17(23-21(19)25-24-13)14-3-5-15(27)6-4-14/h3-6,11,18,20,22,27H,2,7-10,12H2,1H3,(H,23,24,25). The highest BCUT2D eigenvalue weighted by atomic mass is 16.5. The highest BCUT2D eigenvalue weighted by Gasteiger charge is 2.39.